The van der Waals surface area contributed by atoms with Gasteiger partial charge < -0.3 is 13.6 Å². The molecular weight excluding hydrogens is 372 g/mol. The van der Waals surface area contributed by atoms with Crippen LogP contribution >= 0.6 is 15.9 Å². The molecule has 2 heterocycles. The van der Waals surface area contributed by atoms with Crippen molar-refractivity contribution in [3.8, 4) is 0 Å². The number of nitrogens with one attached hydrogen (secondary N) is 2. The Kier molecular flexibility index (Phi) is 5.75. The van der Waals surface area contributed by atoms with Crippen molar-refractivity contribution in [3.05, 3.63) is 52.8 Å². The fourth-order valence-corrected chi connectivity index (χ4v) is 1.70. The predicted octanol–water partition coefficient (Wildman–Crippen LogP) is 1.65. The Morgan fingerprint density at radius 2 is 2.04 bits per heavy atom. The minimum Gasteiger partial charge on any atom is -0.459 e. The van der Waals surface area contributed by atoms with E-state index in [1.807, 2.05) is 0 Å². The van der Waals surface area contributed by atoms with Gasteiger partial charge in [0.15, 0.2) is 17.0 Å². The molecule has 0 fully saturated rings. The van der Waals surface area contributed by atoms with Gasteiger partial charge in [0.2, 0.25) is 0 Å². The van der Waals surface area contributed by atoms with Gasteiger partial charge >= 0.3 is 11.9 Å². The summed E-state index contributed by atoms with van der Waals surface area (Å²) in [4.78, 5) is 34.3. The number of carbonyl (C=O) groups excluding carboxylic acids is 3. The first-order valence-electron chi connectivity index (χ1n) is 6.27. The molecule has 0 bridgehead atoms. The van der Waals surface area contributed by atoms with Crippen molar-refractivity contribution < 1.29 is 28.0 Å². The molecule has 0 saturated heterocycles. The average Bonchev–Trinajstić information content (AvgIpc) is 3.20. The summed E-state index contributed by atoms with van der Waals surface area (Å²) in [5, 5.41) is 0. The number of furan rings is 2. The standard InChI is InChI=1S/C14H11BrN2O6/c15-11-5-3-9(23-11)4-6-13(19)22-8-12(18)16-17-14(20)10-2-1-7-21-10/h1-7H,8H2,(H,16,18)(H,17,20)/b6-4+. The molecule has 120 valence electrons. The van der Waals surface area contributed by atoms with Gasteiger partial charge in [-0.15, -0.1) is 0 Å². The van der Waals surface area contributed by atoms with Crippen LogP contribution in [0.15, 0.2) is 50.1 Å². The molecule has 8 nitrogen and oxygen atoms in total. The van der Waals surface area contributed by atoms with Crippen molar-refractivity contribution in [1.29, 1.82) is 0 Å². The SMILES string of the molecule is O=C(COC(=O)/C=C/c1ccc(Br)o1)NNC(=O)c1ccco1. The molecule has 0 aliphatic rings. The molecule has 9 heteroatoms. The summed E-state index contributed by atoms with van der Waals surface area (Å²) in [5.41, 5.74) is 4.19. The maximum Gasteiger partial charge on any atom is 0.331 e. The topological polar surface area (TPSA) is 111 Å². The van der Waals surface area contributed by atoms with Gasteiger partial charge in [-0.2, -0.15) is 0 Å². The second kappa shape index (κ2) is 7.99. The normalized spacial score (nSPS) is 10.5. The van der Waals surface area contributed by atoms with Crippen LogP contribution in [0, 0.1) is 0 Å². The van der Waals surface area contributed by atoms with Gasteiger partial charge in [-0.3, -0.25) is 20.4 Å². The largest absolute Gasteiger partial charge is 0.459 e. The van der Waals surface area contributed by atoms with Crippen LogP contribution in [0.5, 0.6) is 0 Å². The van der Waals surface area contributed by atoms with E-state index >= 15 is 0 Å². The molecule has 0 atom stereocenters. The highest BCUT2D eigenvalue weighted by molar-refractivity contribution is 9.10. The van der Waals surface area contributed by atoms with Gasteiger partial charge in [-0.1, -0.05) is 0 Å². The van der Waals surface area contributed by atoms with Crippen molar-refractivity contribution in [2.75, 3.05) is 6.61 Å². The van der Waals surface area contributed by atoms with Crippen molar-refractivity contribution in [2.24, 2.45) is 0 Å². The van der Waals surface area contributed by atoms with E-state index in [9.17, 15) is 14.4 Å². The van der Waals surface area contributed by atoms with E-state index in [1.165, 1.54) is 24.5 Å². The molecule has 2 aromatic heterocycles. The Hall–Kier alpha value is -2.81. The van der Waals surface area contributed by atoms with Crippen LogP contribution in [-0.2, 0) is 14.3 Å². The van der Waals surface area contributed by atoms with E-state index in [4.69, 9.17) is 8.83 Å². The van der Waals surface area contributed by atoms with E-state index < -0.39 is 24.4 Å². The Balaban J connectivity index is 1.68. The number of esters is 1. The highest BCUT2D eigenvalue weighted by atomic mass is 79.9. The number of ether oxygens (including phenoxy) is 1. The molecule has 0 saturated carbocycles. The minimum absolute atomic E-state index is 0.0369. The van der Waals surface area contributed by atoms with Gasteiger partial charge in [0.25, 0.3) is 5.91 Å². The second-order valence-corrected chi connectivity index (χ2v) is 4.84. The Morgan fingerprint density at radius 1 is 1.22 bits per heavy atom. The molecule has 2 aromatic rings. The molecule has 0 aliphatic carbocycles. The lowest BCUT2D eigenvalue weighted by molar-refractivity contribution is -0.144. The fraction of sp³-hybridized carbons (Fsp3) is 0.0714. The minimum atomic E-state index is -0.731. The summed E-state index contributed by atoms with van der Waals surface area (Å²) in [7, 11) is 0. The highest BCUT2D eigenvalue weighted by Gasteiger charge is 2.10. The monoisotopic (exact) mass is 382 g/mol. The molecule has 0 aliphatic heterocycles. The van der Waals surface area contributed by atoms with Crippen LogP contribution in [0.1, 0.15) is 16.3 Å². The summed E-state index contributed by atoms with van der Waals surface area (Å²) in [6.07, 6.45) is 3.83. The Morgan fingerprint density at radius 3 is 2.70 bits per heavy atom. The van der Waals surface area contributed by atoms with Gasteiger partial charge in [-0.05, 0) is 46.3 Å². The lowest BCUT2D eigenvalue weighted by Crippen LogP contribution is -2.43. The van der Waals surface area contributed by atoms with Crippen LogP contribution in [0.25, 0.3) is 6.08 Å². The first-order chi connectivity index (χ1) is 11.0. The third-order valence-electron chi connectivity index (χ3n) is 2.38. The van der Waals surface area contributed by atoms with E-state index in [0.29, 0.717) is 10.4 Å². The molecular formula is C14H11BrN2O6. The first-order valence-corrected chi connectivity index (χ1v) is 7.07. The van der Waals surface area contributed by atoms with E-state index in [1.54, 1.807) is 12.1 Å². The van der Waals surface area contributed by atoms with Gasteiger partial charge in [0.1, 0.15) is 5.76 Å². The van der Waals surface area contributed by atoms with Crippen LogP contribution in [0.2, 0.25) is 0 Å². The summed E-state index contributed by atoms with van der Waals surface area (Å²) in [6, 6.07) is 6.27. The molecule has 0 radical (unpaired) electrons. The van der Waals surface area contributed by atoms with Gasteiger partial charge in [0, 0.05) is 6.08 Å². The van der Waals surface area contributed by atoms with E-state index in [-0.39, 0.29) is 5.76 Å². The third-order valence-corrected chi connectivity index (χ3v) is 2.81. The van der Waals surface area contributed by atoms with Crippen LogP contribution in [0.4, 0.5) is 0 Å². The molecule has 2 rings (SSSR count). The lowest BCUT2D eigenvalue weighted by Gasteiger charge is -2.05. The molecule has 23 heavy (non-hydrogen) atoms. The number of halogens is 1. The van der Waals surface area contributed by atoms with Crippen LogP contribution in [-0.4, -0.2) is 24.4 Å². The number of hydrogen-bond acceptors (Lipinski definition) is 6. The molecule has 0 spiro atoms. The summed E-state index contributed by atoms with van der Waals surface area (Å²) < 4.78 is 15.2. The quantitative estimate of drug-likeness (QED) is 0.462. The van der Waals surface area contributed by atoms with Crippen LogP contribution in [0.3, 0.4) is 0 Å². The third kappa shape index (κ3) is 5.47. The average molecular weight is 383 g/mol. The Bertz CT molecular complexity index is 719. The van der Waals surface area contributed by atoms with E-state index in [0.717, 1.165) is 6.08 Å². The number of hydrogen-bond donors (Lipinski definition) is 2. The second-order valence-electron chi connectivity index (χ2n) is 4.06. The van der Waals surface area contributed by atoms with Crippen molar-refractivity contribution >= 4 is 39.8 Å². The van der Waals surface area contributed by atoms with Crippen LogP contribution < -0.4 is 10.9 Å². The Labute approximate surface area is 138 Å². The molecule has 2 amide bonds. The van der Waals surface area contributed by atoms with Gasteiger partial charge in [-0.25, -0.2) is 4.79 Å². The molecule has 0 unspecified atom stereocenters. The van der Waals surface area contributed by atoms with Crippen molar-refractivity contribution in [3.63, 3.8) is 0 Å². The highest BCUT2D eigenvalue weighted by Crippen LogP contribution is 2.14. The van der Waals surface area contributed by atoms with Crippen molar-refractivity contribution in [1.82, 2.24) is 10.9 Å². The fourth-order valence-electron chi connectivity index (χ4n) is 1.38. The predicted molar refractivity (Wildman–Crippen MR) is 80.7 cm³/mol. The molecule has 0 aromatic carbocycles. The zero-order chi connectivity index (χ0) is 16.7. The number of amides is 2. The number of rotatable bonds is 5. The maximum atomic E-state index is 11.5. The van der Waals surface area contributed by atoms with Crippen molar-refractivity contribution in [2.45, 2.75) is 0 Å². The summed E-state index contributed by atoms with van der Waals surface area (Å²) in [6.45, 7) is -0.552. The summed E-state index contributed by atoms with van der Waals surface area (Å²) in [5.74, 6) is -1.57. The zero-order valence-electron chi connectivity index (χ0n) is 11.6. The summed E-state index contributed by atoms with van der Waals surface area (Å²) >= 11 is 3.12. The van der Waals surface area contributed by atoms with E-state index in [2.05, 4.69) is 31.5 Å². The smallest absolute Gasteiger partial charge is 0.331 e. The molecule has 2 N–H and O–H groups in total. The number of carbonyl (C=O) groups is 3. The maximum absolute atomic E-state index is 11.5. The van der Waals surface area contributed by atoms with Gasteiger partial charge in [0.05, 0.1) is 6.26 Å². The first kappa shape index (κ1) is 16.6. The lowest BCUT2D eigenvalue weighted by atomic mass is 10.4. The number of hydrazine groups is 1. The zero-order valence-corrected chi connectivity index (χ0v) is 13.2.